The molecule has 1 unspecified atom stereocenters. The summed E-state index contributed by atoms with van der Waals surface area (Å²) >= 11 is 0. The van der Waals surface area contributed by atoms with Gasteiger partial charge in [0.1, 0.15) is 5.75 Å². The summed E-state index contributed by atoms with van der Waals surface area (Å²) in [5.74, 6) is 1.00. The fourth-order valence-electron chi connectivity index (χ4n) is 2.36. The van der Waals surface area contributed by atoms with Gasteiger partial charge in [-0.3, -0.25) is 0 Å². The number of benzene rings is 1. The van der Waals surface area contributed by atoms with Crippen LogP contribution in [0.3, 0.4) is 0 Å². The Bertz CT molecular complexity index is 374. The number of ether oxygens (including phenoxy) is 1. The molecule has 0 amide bonds. The molecule has 0 radical (unpaired) electrons. The highest BCUT2D eigenvalue weighted by atomic mass is 16.5. The lowest BCUT2D eigenvalue weighted by Crippen LogP contribution is -2.06. The first kappa shape index (κ1) is 17.0. The number of aryl methyl sites for hydroxylation is 1. The third-order valence-electron chi connectivity index (χ3n) is 3.73. The quantitative estimate of drug-likeness (QED) is 0.601. The van der Waals surface area contributed by atoms with E-state index in [9.17, 15) is 0 Å². The average Bonchev–Trinajstić information content (AvgIpc) is 2.43. The molecule has 20 heavy (non-hydrogen) atoms. The second-order valence-corrected chi connectivity index (χ2v) is 5.78. The molecule has 114 valence electrons. The van der Waals surface area contributed by atoms with Gasteiger partial charge in [0.2, 0.25) is 0 Å². The highest BCUT2D eigenvalue weighted by Gasteiger charge is 2.04. The van der Waals surface area contributed by atoms with Crippen LogP contribution in [0.4, 0.5) is 0 Å². The molecule has 1 rings (SSSR count). The Hall–Kier alpha value is -1.02. The molecule has 0 bridgehead atoms. The largest absolute Gasteiger partial charge is 0.493 e. The van der Waals surface area contributed by atoms with Gasteiger partial charge in [-0.05, 0) is 37.5 Å². The van der Waals surface area contributed by atoms with Crippen LogP contribution in [0.25, 0.3) is 0 Å². The lowest BCUT2D eigenvalue weighted by molar-refractivity contribution is 0.302. The van der Waals surface area contributed by atoms with Crippen molar-refractivity contribution in [1.29, 1.82) is 0 Å². The Morgan fingerprint density at radius 1 is 1.05 bits per heavy atom. The van der Waals surface area contributed by atoms with Gasteiger partial charge in [0.15, 0.2) is 0 Å². The van der Waals surface area contributed by atoms with Gasteiger partial charge < -0.3 is 10.5 Å². The van der Waals surface area contributed by atoms with Crippen molar-refractivity contribution in [2.75, 3.05) is 6.61 Å². The molecule has 0 aliphatic heterocycles. The fraction of sp³-hybridized carbons (Fsp3) is 0.667. The second kappa shape index (κ2) is 9.82. The standard InChI is InChI=1S/C18H31NO/c1-4-5-6-7-8-9-10-13-20-18-12-11-17(16(3)19)14-15(18)2/h11-12,14,16H,4-10,13,19H2,1-3H3. The molecule has 0 saturated heterocycles. The molecule has 0 aromatic heterocycles. The summed E-state index contributed by atoms with van der Waals surface area (Å²) in [6.45, 7) is 7.18. The highest BCUT2D eigenvalue weighted by molar-refractivity contribution is 5.37. The monoisotopic (exact) mass is 277 g/mol. The number of hydrogen-bond donors (Lipinski definition) is 1. The van der Waals surface area contributed by atoms with Crippen LogP contribution in [0.15, 0.2) is 18.2 Å². The molecule has 0 heterocycles. The summed E-state index contributed by atoms with van der Waals surface area (Å²) in [6.07, 6.45) is 9.22. The lowest BCUT2D eigenvalue weighted by atomic mass is 10.1. The van der Waals surface area contributed by atoms with Gasteiger partial charge in [0.05, 0.1) is 6.61 Å². The third kappa shape index (κ3) is 6.42. The summed E-state index contributed by atoms with van der Waals surface area (Å²) < 4.78 is 5.86. The van der Waals surface area contributed by atoms with E-state index in [1.807, 2.05) is 6.92 Å². The van der Waals surface area contributed by atoms with Crippen LogP contribution in [-0.4, -0.2) is 6.61 Å². The minimum atomic E-state index is 0.0888. The van der Waals surface area contributed by atoms with E-state index in [1.165, 1.54) is 49.7 Å². The molecular weight excluding hydrogens is 246 g/mol. The Morgan fingerprint density at radius 3 is 2.30 bits per heavy atom. The van der Waals surface area contributed by atoms with Crippen molar-refractivity contribution in [3.05, 3.63) is 29.3 Å². The van der Waals surface area contributed by atoms with Crippen LogP contribution >= 0.6 is 0 Å². The summed E-state index contributed by atoms with van der Waals surface area (Å²) in [4.78, 5) is 0. The van der Waals surface area contributed by atoms with E-state index in [2.05, 4.69) is 32.0 Å². The van der Waals surface area contributed by atoms with E-state index >= 15 is 0 Å². The minimum absolute atomic E-state index is 0.0888. The van der Waals surface area contributed by atoms with Crippen LogP contribution in [0.5, 0.6) is 5.75 Å². The van der Waals surface area contributed by atoms with Crippen molar-refractivity contribution in [3.8, 4) is 5.75 Å². The molecular formula is C18H31NO. The van der Waals surface area contributed by atoms with Gasteiger partial charge in [-0.1, -0.05) is 57.6 Å². The molecule has 2 nitrogen and oxygen atoms in total. The van der Waals surface area contributed by atoms with E-state index < -0.39 is 0 Å². The van der Waals surface area contributed by atoms with Gasteiger partial charge in [-0.2, -0.15) is 0 Å². The van der Waals surface area contributed by atoms with Gasteiger partial charge in [0, 0.05) is 6.04 Å². The van der Waals surface area contributed by atoms with E-state index in [4.69, 9.17) is 10.5 Å². The van der Waals surface area contributed by atoms with Crippen molar-refractivity contribution in [3.63, 3.8) is 0 Å². The van der Waals surface area contributed by atoms with E-state index in [-0.39, 0.29) is 6.04 Å². The predicted octanol–water partition coefficient (Wildman–Crippen LogP) is 5.14. The molecule has 1 aromatic rings. The molecule has 2 N–H and O–H groups in total. The second-order valence-electron chi connectivity index (χ2n) is 5.78. The average molecular weight is 277 g/mol. The predicted molar refractivity (Wildman–Crippen MR) is 87.3 cm³/mol. The van der Waals surface area contributed by atoms with Crippen molar-refractivity contribution in [2.24, 2.45) is 5.73 Å². The maximum atomic E-state index is 5.88. The third-order valence-corrected chi connectivity index (χ3v) is 3.73. The zero-order valence-corrected chi connectivity index (χ0v) is 13.5. The Balaban J connectivity index is 2.19. The molecule has 1 atom stereocenters. The van der Waals surface area contributed by atoms with Crippen LogP contribution < -0.4 is 10.5 Å². The van der Waals surface area contributed by atoms with Crippen molar-refractivity contribution in [2.45, 2.75) is 71.8 Å². The number of hydrogen-bond acceptors (Lipinski definition) is 2. The molecule has 0 aliphatic carbocycles. The van der Waals surface area contributed by atoms with Crippen LogP contribution in [-0.2, 0) is 0 Å². The van der Waals surface area contributed by atoms with E-state index in [0.29, 0.717) is 0 Å². The maximum Gasteiger partial charge on any atom is 0.122 e. The Morgan fingerprint density at radius 2 is 1.70 bits per heavy atom. The van der Waals surface area contributed by atoms with E-state index in [1.54, 1.807) is 0 Å². The number of unbranched alkanes of at least 4 members (excludes halogenated alkanes) is 6. The van der Waals surface area contributed by atoms with Gasteiger partial charge in [-0.15, -0.1) is 0 Å². The SMILES string of the molecule is CCCCCCCCCOc1ccc(C(C)N)cc1C. The zero-order chi connectivity index (χ0) is 14.8. The van der Waals surface area contributed by atoms with Crippen molar-refractivity contribution < 1.29 is 4.74 Å². The molecule has 0 spiro atoms. The number of rotatable bonds is 10. The maximum absolute atomic E-state index is 5.88. The van der Waals surface area contributed by atoms with Gasteiger partial charge in [0.25, 0.3) is 0 Å². The molecule has 1 aromatic carbocycles. The zero-order valence-electron chi connectivity index (χ0n) is 13.5. The Labute approximate surface area is 124 Å². The first-order valence-electron chi connectivity index (χ1n) is 8.14. The summed E-state index contributed by atoms with van der Waals surface area (Å²) in [5.41, 5.74) is 8.24. The summed E-state index contributed by atoms with van der Waals surface area (Å²) in [7, 11) is 0. The van der Waals surface area contributed by atoms with Crippen LogP contribution in [0, 0.1) is 6.92 Å². The molecule has 2 heteroatoms. The minimum Gasteiger partial charge on any atom is -0.493 e. The molecule has 0 saturated carbocycles. The summed E-state index contributed by atoms with van der Waals surface area (Å²) in [5, 5.41) is 0. The van der Waals surface area contributed by atoms with Crippen molar-refractivity contribution >= 4 is 0 Å². The summed E-state index contributed by atoms with van der Waals surface area (Å²) in [6, 6.07) is 6.34. The first-order chi connectivity index (χ1) is 9.65. The molecule has 0 fully saturated rings. The van der Waals surface area contributed by atoms with Crippen LogP contribution in [0.2, 0.25) is 0 Å². The normalized spacial score (nSPS) is 12.4. The van der Waals surface area contributed by atoms with Gasteiger partial charge in [-0.25, -0.2) is 0 Å². The topological polar surface area (TPSA) is 35.2 Å². The Kier molecular flexibility index (Phi) is 8.36. The lowest BCUT2D eigenvalue weighted by Gasteiger charge is -2.12. The van der Waals surface area contributed by atoms with Crippen molar-refractivity contribution in [1.82, 2.24) is 0 Å². The van der Waals surface area contributed by atoms with Gasteiger partial charge >= 0.3 is 0 Å². The number of nitrogens with two attached hydrogens (primary N) is 1. The van der Waals surface area contributed by atoms with Crippen LogP contribution in [0.1, 0.15) is 76.0 Å². The highest BCUT2D eigenvalue weighted by Crippen LogP contribution is 2.22. The fourth-order valence-corrected chi connectivity index (χ4v) is 2.36. The molecule has 0 aliphatic rings. The van der Waals surface area contributed by atoms with E-state index in [0.717, 1.165) is 18.8 Å². The smallest absolute Gasteiger partial charge is 0.122 e. The first-order valence-corrected chi connectivity index (χ1v) is 8.14.